The largest absolute Gasteiger partial charge is 0.394 e. The Morgan fingerprint density at radius 2 is 1.13 bits per heavy atom. The summed E-state index contributed by atoms with van der Waals surface area (Å²) in [4.78, 5) is 2.19. The van der Waals surface area contributed by atoms with E-state index in [1.54, 1.807) is 0 Å². The average molecular weight is 304 g/mol. The lowest BCUT2D eigenvalue weighted by Gasteiger charge is -2.25. The van der Waals surface area contributed by atoms with Gasteiger partial charge in [-0.05, 0) is 42.0 Å². The van der Waals surface area contributed by atoms with Crippen molar-refractivity contribution >= 4 is 17.1 Å². The molecule has 0 saturated heterocycles. The van der Waals surface area contributed by atoms with Gasteiger partial charge in [-0.25, -0.2) is 0 Å². The molecule has 0 radical (unpaired) electrons. The van der Waals surface area contributed by atoms with E-state index in [1.807, 2.05) is 60.7 Å². The van der Waals surface area contributed by atoms with Gasteiger partial charge in [0.05, 0.1) is 12.6 Å². The van der Waals surface area contributed by atoms with Gasteiger partial charge < -0.3 is 15.7 Å². The fraction of sp³-hybridized carbons (Fsp3) is 0.100. The van der Waals surface area contributed by atoms with Gasteiger partial charge in [0.15, 0.2) is 0 Å². The van der Waals surface area contributed by atoms with Crippen LogP contribution in [0.1, 0.15) is 11.6 Å². The number of benzene rings is 3. The van der Waals surface area contributed by atoms with Crippen molar-refractivity contribution in [3.05, 3.63) is 90.5 Å². The average Bonchev–Trinajstić information content (AvgIpc) is 2.64. The highest BCUT2D eigenvalue weighted by atomic mass is 16.3. The van der Waals surface area contributed by atoms with Crippen LogP contribution in [-0.2, 0) is 0 Å². The first kappa shape index (κ1) is 15.3. The number of nitrogens with zero attached hydrogens (tertiary/aromatic N) is 1. The van der Waals surface area contributed by atoms with Gasteiger partial charge >= 0.3 is 0 Å². The van der Waals surface area contributed by atoms with Crippen LogP contribution in [0.4, 0.5) is 17.1 Å². The van der Waals surface area contributed by atoms with E-state index in [4.69, 9.17) is 5.73 Å². The Kier molecular flexibility index (Phi) is 4.71. The van der Waals surface area contributed by atoms with Crippen molar-refractivity contribution in [1.82, 2.24) is 0 Å². The summed E-state index contributed by atoms with van der Waals surface area (Å²) in [6, 6.07) is 28.1. The molecule has 0 unspecified atom stereocenters. The molecule has 0 aliphatic rings. The van der Waals surface area contributed by atoms with Crippen LogP contribution in [0.15, 0.2) is 84.9 Å². The predicted molar refractivity (Wildman–Crippen MR) is 95.1 cm³/mol. The summed E-state index contributed by atoms with van der Waals surface area (Å²) in [5, 5.41) is 9.19. The van der Waals surface area contributed by atoms with E-state index in [0.29, 0.717) is 0 Å². The molecule has 0 amide bonds. The van der Waals surface area contributed by atoms with Gasteiger partial charge in [0.2, 0.25) is 0 Å². The van der Waals surface area contributed by atoms with Crippen molar-refractivity contribution in [2.45, 2.75) is 6.04 Å². The first-order chi connectivity index (χ1) is 11.3. The Morgan fingerprint density at radius 1 is 0.696 bits per heavy atom. The lowest BCUT2D eigenvalue weighted by Crippen LogP contribution is -2.15. The van der Waals surface area contributed by atoms with E-state index in [9.17, 15) is 5.11 Å². The molecular weight excluding hydrogens is 284 g/mol. The van der Waals surface area contributed by atoms with Crippen LogP contribution in [0.25, 0.3) is 0 Å². The molecule has 3 aromatic carbocycles. The second-order valence-corrected chi connectivity index (χ2v) is 5.39. The quantitative estimate of drug-likeness (QED) is 0.744. The number of aliphatic hydroxyl groups excluding tert-OH is 1. The molecule has 1 atom stereocenters. The van der Waals surface area contributed by atoms with Gasteiger partial charge in [0, 0.05) is 17.1 Å². The third-order valence-corrected chi connectivity index (χ3v) is 3.80. The molecule has 0 aliphatic carbocycles. The Balaban J connectivity index is 2.02. The molecule has 3 heteroatoms. The maximum atomic E-state index is 9.19. The van der Waals surface area contributed by atoms with Crippen molar-refractivity contribution < 1.29 is 5.11 Å². The van der Waals surface area contributed by atoms with Crippen LogP contribution in [0.2, 0.25) is 0 Å². The van der Waals surface area contributed by atoms with Crippen molar-refractivity contribution in [2.24, 2.45) is 5.73 Å². The number of hydrogen-bond acceptors (Lipinski definition) is 3. The lowest BCUT2D eigenvalue weighted by molar-refractivity contribution is 0.268. The monoisotopic (exact) mass is 304 g/mol. The number of para-hydroxylation sites is 2. The second kappa shape index (κ2) is 7.09. The maximum Gasteiger partial charge on any atom is 0.0624 e. The fourth-order valence-corrected chi connectivity index (χ4v) is 2.58. The molecule has 3 N–H and O–H groups in total. The predicted octanol–water partition coefficient (Wildman–Crippen LogP) is 4.15. The molecule has 0 bridgehead atoms. The van der Waals surface area contributed by atoms with Crippen molar-refractivity contribution in [1.29, 1.82) is 0 Å². The van der Waals surface area contributed by atoms with Gasteiger partial charge in [-0.3, -0.25) is 0 Å². The van der Waals surface area contributed by atoms with E-state index in [2.05, 4.69) is 29.2 Å². The molecule has 0 heterocycles. The highest BCUT2D eigenvalue weighted by Gasteiger charge is 2.12. The minimum Gasteiger partial charge on any atom is -0.394 e. The van der Waals surface area contributed by atoms with Crippen LogP contribution in [0.5, 0.6) is 0 Å². The number of aliphatic hydroxyl groups is 1. The third kappa shape index (κ3) is 3.42. The van der Waals surface area contributed by atoms with Gasteiger partial charge in [0.1, 0.15) is 0 Å². The number of hydrogen-bond donors (Lipinski definition) is 2. The molecule has 0 fully saturated rings. The van der Waals surface area contributed by atoms with Gasteiger partial charge in [-0.2, -0.15) is 0 Å². The van der Waals surface area contributed by atoms with Crippen LogP contribution >= 0.6 is 0 Å². The van der Waals surface area contributed by atoms with Crippen molar-refractivity contribution in [2.75, 3.05) is 11.5 Å². The van der Waals surface area contributed by atoms with Crippen molar-refractivity contribution in [3.63, 3.8) is 0 Å². The van der Waals surface area contributed by atoms with Crippen LogP contribution in [-0.4, -0.2) is 11.7 Å². The zero-order chi connectivity index (χ0) is 16.1. The Morgan fingerprint density at radius 3 is 1.57 bits per heavy atom. The summed E-state index contributed by atoms with van der Waals surface area (Å²) < 4.78 is 0. The Labute approximate surface area is 136 Å². The molecule has 116 valence electrons. The summed E-state index contributed by atoms with van der Waals surface area (Å²) in [6.07, 6.45) is 0. The van der Waals surface area contributed by atoms with E-state index in [1.165, 1.54) is 0 Å². The summed E-state index contributed by atoms with van der Waals surface area (Å²) in [6.45, 7) is -0.0551. The molecule has 3 aromatic rings. The molecule has 0 saturated carbocycles. The number of anilines is 3. The summed E-state index contributed by atoms with van der Waals surface area (Å²) in [5.74, 6) is 0. The van der Waals surface area contributed by atoms with Crippen LogP contribution < -0.4 is 10.6 Å². The zero-order valence-corrected chi connectivity index (χ0v) is 12.8. The van der Waals surface area contributed by atoms with Gasteiger partial charge in [-0.1, -0.05) is 48.5 Å². The van der Waals surface area contributed by atoms with Crippen LogP contribution in [0, 0.1) is 0 Å². The first-order valence-corrected chi connectivity index (χ1v) is 7.66. The van der Waals surface area contributed by atoms with E-state index in [0.717, 1.165) is 22.6 Å². The first-order valence-electron chi connectivity index (χ1n) is 7.66. The van der Waals surface area contributed by atoms with E-state index < -0.39 is 0 Å². The number of nitrogens with two attached hydrogens (primary N) is 1. The topological polar surface area (TPSA) is 49.5 Å². The highest BCUT2D eigenvalue weighted by Crippen LogP contribution is 2.34. The third-order valence-electron chi connectivity index (χ3n) is 3.80. The summed E-state index contributed by atoms with van der Waals surface area (Å²) in [5.41, 5.74) is 10.0. The molecule has 0 spiro atoms. The fourth-order valence-electron chi connectivity index (χ4n) is 2.58. The van der Waals surface area contributed by atoms with Gasteiger partial charge in [0.25, 0.3) is 0 Å². The summed E-state index contributed by atoms with van der Waals surface area (Å²) in [7, 11) is 0. The molecule has 0 aliphatic heterocycles. The minimum atomic E-state index is -0.342. The van der Waals surface area contributed by atoms with E-state index >= 15 is 0 Å². The molecular formula is C20H20N2O. The Bertz CT molecular complexity index is 687. The smallest absolute Gasteiger partial charge is 0.0624 e. The zero-order valence-electron chi connectivity index (χ0n) is 12.8. The Hall–Kier alpha value is -2.62. The maximum absolute atomic E-state index is 9.19. The lowest BCUT2D eigenvalue weighted by atomic mass is 10.1. The number of rotatable bonds is 5. The normalized spacial score (nSPS) is 11.9. The highest BCUT2D eigenvalue weighted by molar-refractivity contribution is 5.76. The molecule has 23 heavy (non-hydrogen) atoms. The van der Waals surface area contributed by atoms with Gasteiger partial charge in [-0.15, -0.1) is 0 Å². The standard InChI is InChI=1S/C20H20N2O/c21-20(15-23)16-11-13-19(14-12-16)22(17-7-3-1-4-8-17)18-9-5-2-6-10-18/h1-14,20,23H,15,21H2/t20-/m0/s1. The minimum absolute atomic E-state index is 0.0551. The summed E-state index contributed by atoms with van der Waals surface area (Å²) >= 11 is 0. The molecule has 3 rings (SSSR count). The molecule has 0 aromatic heterocycles. The van der Waals surface area contributed by atoms with Crippen molar-refractivity contribution in [3.8, 4) is 0 Å². The van der Waals surface area contributed by atoms with Crippen LogP contribution in [0.3, 0.4) is 0 Å². The molecule has 3 nitrogen and oxygen atoms in total. The van der Waals surface area contributed by atoms with E-state index in [-0.39, 0.29) is 12.6 Å². The second-order valence-electron chi connectivity index (χ2n) is 5.39. The SMILES string of the molecule is N[C@@H](CO)c1ccc(N(c2ccccc2)c2ccccc2)cc1.